The predicted molar refractivity (Wildman–Crippen MR) is 121 cm³/mol. The summed E-state index contributed by atoms with van der Waals surface area (Å²) < 4.78 is 7.45. The maximum atomic E-state index is 12.5. The molecule has 0 radical (unpaired) electrons. The standard InChI is InChI=1S/C22H17Cl2N3O2S/c23-19-7-6-15(8-20(19)24)11-27-12-17(10-25-27)26-22(28)21-9-16(14-30-21)13-29-18-4-2-1-3-5-18/h1-10,12,14H,11,13H2,(H,26,28). The van der Waals surface area contributed by atoms with Crippen LogP contribution in [0.15, 0.2) is 72.4 Å². The lowest BCUT2D eigenvalue weighted by Crippen LogP contribution is -2.09. The van der Waals surface area contributed by atoms with Crippen molar-refractivity contribution in [2.45, 2.75) is 13.2 Å². The van der Waals surface area contributed by atoms with Crippen LogP contribution in [0.5, 0.6) is 5.75 Å². The van der Waals surface area contributed by atoms with E-state index in [4.69, 9.17) is 27.9 Å². The zero-order chi connectivity index (χ0) is 20.9. The predicted octanol–water partition coefficient (Wildman–Crippen LogP) is 6.13. The van der Waals surface area contributed by atoms with Crippen molar-refractivity contribution < 1.29 is 9.53 Å². The fraction of sp³-hybridized carbons (Fsp3) is 0.0909. The van der Waals surface area contributed by atoms with E-state index in [2.05, 4.69) is 10.4 Å². The highest BCUT2D eigenvalue weighted by atomic mass is 35.5. The summed E-state index contributed by atoms with van der Waals surface area (Å²) in [6, 6.07) is 16.8. The van der Waals surface area contributed by atoms with E-state index in [-0.39, 0.29) is 5.91 Å². The number of hydrogen-bond donors (Lipinski definition) is 1. The Bertz CT molecular complexity index is 1160. The first-order chi connectivity index (χ1) is 14.6. The highest BCUT2D eigenvalue weighted by Gasteiger charge is 2.11. The van der Waals surface area contributed by atoms with Gasteiger partial charge in [-0.15, -0.1) is 11.3 Å². The molecule has 0 bridgehead atoms. The van der Waals surface area contributed by atoms with Crippen molar-refractivity contribution in [3.8, 4) is 5.75 Å². The van der Waals surface area contributed by atoms with Crippen molar-refractivity contribution in [3.05, 3.63) is 98.4 Å². The number of para-hydroxylation sites is 1. The Morgan fingerprint density at radius 3 is 2.70 bits per heavy atom. The molecule has 1 amide bonds. The van der Waals surface area contributed by atoms with Crippen molar-refractivity contribution in [3.63, 3.8) is 0 Å². The summed E-state index contributed by atoms with van der Waals surface area (Å²) in [4.78, 5) is 13.2. The molecule has 2 aromatic carbocycles. The van der Waals surface area contributed by atoms with Crippen LogP contribution in [0, 0.1) is 0 Å². The third kappa shape index (κ3) is 5.21. The molecule has 0 atom stereocenters. The van der Waals surface area contributed by atoms with E-state index in [9.17, 15) is 4.79 Å². The molecule has 0 spiro atoms. The number of carbonyl (C=O) groups excluding carboxylic acids is 1. The van der Waals surface area contributed by atoms with Crippen molar-refractivity contribution >= 4 is 46.1 Å². The van der Waals surface area contributed by atoms with E-state index in [1.807, 2.05) is 47.8 Å². The van der Waals surface area contributed by atoms with Crippen LogP contribution in [0.3, 0.4) is 0 Å². The van der Waals surface area contributed by atoms with Crippen LogP contribution in [0.2, 0.25) is 10.0 Å². The fourth-order valence-electron chi connectivity index (χ4n) is 2.79. The van der Waals surface area contributed by atoms with Crippen LogP contribution in [-0.2, 0) is 13.2 Å². The number of thiophene rings is 1. The summed E-state index contributed by atoms with van der Waals surface area (Å²) in [6.45, 7) is 0.933. The summed E-state index contributed by atoms with van der Waals surface area (Å²) in [6.07, 6.45) is 3.38. The molecular formula is C22H17Cl2N3O2S. The van der Waals surface area contributed by atoms with Gasteiger partial charge in [0.15, 0.2) is 0 Å². The third-order valence-electron chi connectivity index (χ3n) is 4.25. The van der Waals surface area contributed by atoms with Gasteiger partial charge in [-0.2, -0.15) is 5.10 Å². The Hall–Kier alpha value is -2.80. The molecule has 1 N–H and O–H groups in total. The van der Waals surface area contributed by atoms with Crippen molar-refractivity contribution in [2.75, 3.05) is 5.32 Å². The van der Waals surface area contributed by atoms with Gasteiger partial charge in [-0.1, -0.05) is 47.5 Å². The second-order valence-electron chi connectivity index (χ2n) is 6.55. The second-order valence-corrected chi connectivity index (χ2v) is 8.28. The first kappa shape index (κ1) is 20.5. The normalized spacial score (nSPS) is 10.7. The van der Waals surface area contributed by atoms with Gasteiger partial charge in [-0.3, -0.25) is 9.48 Å². The lowest BCUT2D eigenvalue weighted by atomic mass is 10.2. The first-order valence-corrected chi connectivity index (χ1v) is 10.7. The van der Waals surface area contributed by atoms with E-state index < -0.39 is 0 Å². The number of hydrogen-bond acceptors (Lipinski definition) is 4. The largest absolute Gasteiger partial charge is 0.489 e. The van der Waals surface area contributed by atoms with E-state index in [0.717, 1.165) is 16.9 Å². The van der Waals surface area contributed by atoms with Crippen LogP contribution in [0.1, 0.15) is 20.8 Å². The molecule has 152 valence electrons. The summed E-state index contributed by atoms with van der Waals surface area (Å²) in [5, 5.41) is 10.1. The zero-order valence-corrected chi connectivity index (χ0v) is 18.0. The monoisotopic (exact) mass is 457 g/mol. The van der Waals surface area contributed by atoms with Crippen molar-refractivity contribution in [2.24, 2.45) is 0 Å². The molecular weight excluding hydrogens is 441 g/mol. The van der Waals surface area contributed by atoms with E-state index in [1.165, 1.54) is 11.3 Å². The lowest BCUT2D eigenvalue weighted by molar-refractivity contribution is 0.103. The summed E-state index contributed by atoms with van der Waals surface area (Å²) in [5.41, 5.74) is 2.53. The lowest BCUT2D eigenvalue weighted by Gasteiger charge is -2.04. The number of benzene rings is 2. The molecule has 0 aliphatic rings. The number of aromatic nitrogens is 2. The maximum absolute atomic E-state index is 12.5. The molecule has 4 rings (SSSR count). The second kappa shape index (κ2) is 9.34. The minimum Gasteiger partial charge on any atom is -0.489 e. The molecule has 0 saturated carbocycles. The van der Waals surface area contributed by atoms with Gasteiger partial charge in [0.25, 0.3) is 5.91 Å². The molecule has 30 heavy (non-hydrogen) atoms. The van der Waals surface area contributed by atoms with E-state index >= 15 is 0 Å². The smallest absolute Gasteiger partial charge is 0.265 e. The average molecular weight is 458 g/mol. The van der Waals surface area contributed by atoms with Gasteiger partial charge in [-0.25, -0.2) is 0 Å². The Balaban J connectivity index is 1.34. The molecule has 0 saturated heterocycles. The van der Waals surface area contributed by atoms with Gasteiger partial charge in [0.2, 0.25) is 0 Å². The molecule has 8 heteroatoms. The summed E-state index contributed by atoms with van der Waals surface area (Å²) in [5.74, 6) is 0.615. The highest BCUT2D eigenvalue weighted by Crippen LogP contribution is 2.23. The van der Waals surface area contributed by atoms with Crippen LogP contribution < -0.4 is 10.1 Å². The van der Waals surface area contributed by atoms with Crippen molar-refractivity contribution in [1.29, 1.82) is 0 Å². The zero-order valence-electron chi connectivity index (χ0n) is 15.7. The van der Waals surface area contributed by atoms with Crippen LogP contribution in [-0.4, -0.2) is 15.7 Å². The number of nitrogens with zero attached hydrogens (tertiary/aromatic N) is 2. The van der Waals surface area contributed by atoms with Crippen molar-refractivity contribution in [1.82, 2.24) is 9.78 Å². The Labute approximate surface area is 187 Å². The molecule has 0 fully saturated rings. The van der Waals surface area contributed by atoms with E-state index in [1.54, 1.807) is 29.2 Å². The third-order valence-corrected chi connectivity index (χ3v) is 5.96. The maximum Gasteiger partial charge on any atom is 0.265 e. The number of nitrogens with one attached hydrogen (secondary N) is 1. The average Bonchev–Trinajstić information content (AvgIpc) is 3.40. The van der Waals surface area contributed by atoms with Gasteiger partial charge in [0.05, 0.1) is 33.4 Å². The fourth-order valence-corrected chi connectivity index (χ4v) is 3.90. The number of amides is 1. The van der Waals surface area contributed by atoms with Crippen LogP contribution in [0.4, 0.5) is 5.69 Å². The number of anilines is 1. The number of ether oxygens (including phenoxy) is 1. The summed E-state index contributed by atoms with van der Waals surface area (Å²) in [7, 11) is 0. The number of halogens is 2. The molecule has 2 aromatic heterocycles. The summed E-state index contributed by atoms with van der Waals surface area (Å²) >= 11 is 13.4. The van der Waals surface area contributed by atoms with Crippen LogP contribution >= 0.6 is 34.5 Å². The molecule has 4 aromatic rings. The molecule has 5 nitrogen and oxygen atoms in total. The van der Waals surface area contributed by atoms with Gasteiger partial charge in [-0.05, 0) is 41.3 Å². The highest BCUT2D eigenvalue weighted by molar-refractivity contribution is 7.12. The molecule has 0 aliphatic carbocycles. The van der Waals surface area contributed by atoms with Gasteiger partial charge in [0.1, 0.15) is 12.4 Å². The molecule has 0 unspecified atom stereocenters. The SMILES string of the molecule is O=C(Nc1cnn(Cc2ccc(Cl)c(Cl)c2)c1)c1cc(COc2ccccc2)cs1. The van der Waals surface area contributed by atoms with Gasteiger partial charge >= 0.3 is 0 Å². The minimum atomic E-state index is -0.181. The van der Waals surface area contributed by atoms with E-state index in [0.29, 0.717) is 33.8 Å². The topological polar surface area (TPSA) is 56.2 Å². The van der Waals surface area contributed by atoms with Gasteiger partial charge < -0.3 is 10.1 Å². The number of carbonyl (C=O) groups is 1. The Morgan fingerprint density at radius 2 is 1.90 bits per heavy atom. The molecule has 0 aliphatic heterocycles. The Kier molecular flexibility index (Phi) is 6.38. The quantitative estimate of drug-likeness (QED) is 0.363. The number of rotatable bonds is 7. The minimum absolute atomic E-state index is 0.181. The van der Waals surface area contributed by atoms with Crippen LogP contribution in [0.25, 0.3) is 0 Å². The first-order valence-electron chi connectivity index (χ1n) is 9.10. The molecule has 2 heterocycles. The van der Waals surface area contributed by atoms with Gasteiger partial charge in [0, 0.05) is 11.8 Å². The Morgan fingerprint density at radius 1 is 1.07 bits per heavy atom.